The number of nitro benzene ring substituents is 1. The molecule has 0 aliphatic heterocycles. The van der Waals surface area contributed by atoms with Gasteiger partial charge in [-0.15, -0.1) is 0 Å². The Morgan fingerprint density at radius 1 is 1.53 bits per heavy atom. The molecule has 1 aromatic carbocycles. The summed E-state index contributed by atoms with van der Waals surface area (Å²) < 4.78 is 9.63. The van der Waals surface area contributed by atoms with Crippen molar-refractivity contribution in [2.75, 3.05) is 13.7 Å². The molecule has 0 bridgehead atoms. The molecule has 0 aliphatic rings. The maximum Gasteiger partial charge on any atom is 0.349 e. The van der Waals surface area contributed by atoms with E-state index in [-0.39, 0.29) is 22.9 Å². The highest BCUT2D eigenvalue weighted by molar-refractivity contribution is 6.32. The van der Waals surface area contributed by atoms with Crippen molar-refractivity contribution in [2.45, 2.75) is 6.92 Å². The third kappa shape index (κ3) is 2.65. The van der Waals surface area contributed by atoms with Crippen LogP contribution in [-0.2, 0) is 4.74 Å². The fourth-order valence-corrected chi connectivity index (χ4v) is 1.53. The van der Waals surface area contributed by atoms with Gasteiger partial charge in [-0.1, -0.05) is 11.6 Å². The van der Waals surface area contributed by atoms with Gasteiger partial charge >= 0.3 is 5.97 Å². The minimum atomic E-state index is -0.835. The largest absolute Gasteiger partial charge is 0.494 e. The monoisotopic (exact) mass is 259 g/mol. The molecule has 0 aromatic heterocycles. The molecule has 0 unspecified atom stereocenters. The summed E-state index contributed by atoms with van der Waals surface area (Å²) in [6.07, 6.45) is 0. The zero-order chi connectivity index (χ0) is 13.0. The van der Waals surface area contributed by atoms with Crippen LogP contribution in [0.2, 0.25) is 5.02 Å². The molecule has 1 aromatic rings. The maximum atomic E-state index is 11.6. The number of hydrogen-bond donors (Lipinski definition) is 0. The number of carbonyl (C=O) groups is 1. The number of nitro groups is 1. The van der Waals surface area contributed by atoms with Gasteiger partial charge in [0, 0.05) is 6.07 Å². The van der Waals surface area contributed by atoms with E-state index in [0.29, 0.717) is 0 Å². The average Bonchev–Trinajstić information content (AvgIpc) is 2.28. The quantitative estimate of drug-likeness (QED) is 0.471. The van der Waals surface area contributed by atoms with E-state index in [1.54, 1.807) is 6.92 Å². The lowest BCUT2D eigenvalue weighted by molar-refractivity contribution is -0.385. The summed E-state index contributed by atoms with van der Waals surface area (Å²) in [5, 5.41) is 10.9. The van der Waals surface area contributed by atoms with Crippen LogP contribution in [0.15, 0.2) is 12.1 Å². The van der Waals surface area contributed by atoms with Crippen LogP contribution in [0.3, 0.4) is 0 Å². The Labute approximate surface area is 102 Å². The van der Waals surface area contributed by atoms with Gasteiger partial charge in [-0.3, -0.25) is 10.1 Å². The molecule has 0 atom stereocenters. The molecule has 92 valence electrons. The Balaban J connectivity index is 3.44. The lowest BCUT2D eigenvalue weighted by Gasteiger charge is -2.09. The van der Waals surface area contributed by atoms with Gasteiger partial charge in [-0.2, -0.15) is 0 Å². The number of nitrogens with zero attached hydrogens (tertiary/aromatic N) is 1. The molecule has 0 amide bonds. The van der Waals surface area contributed by atoms with E-state index in [0.717, 1.165) is 6.07 Å². The third-order valence-electron chi connectivity index (χ3n) is 1.97. The van der Waals surface area contributed by atoms with Crippen molar-refractivity contribution in [1.82, 2.24) is 0 Å². The van der Waals surface area contributed by atoms with Crippen LogP contribution >= 0.6 is 11.6 Å². The number of methoxy groups -OCH3 is 1. The van der Waals surface area contributed by atoms with Crippen LogP contribution in [0, 0.1) is 10.1 Å². The van der Waals surface area contributed by atoms with E-state index in [2.05, 4.69) is 0 Å². The Morgan fingerprint density at radius 2 is 2.18 bits per heavy atom. The molecule has 0 N–H and O–H groups in total. The average molecular weight is 260 g/mol. The van der Waals surface area contributed by atoms with Gasteiger partial charge in [0.1, 0.15) is 0 Å². The molecule has 6 nitrogen and oxygen atoms in total. The predicted molar refractivity (Wildman–Crippen MR) is 60.6 cm³/mol. The van der Waals surface area contributed by atoms with Gasteiger partial charge in [-0.25, -0.2) is 4.79 Å². The van der Waals surface area contributed by atoms with Gasteiger partial charge in [0.2, 0.25) is 0 Å². The van der Waals surface area contributed by atoms with Gasteiger partial charge in [0.25, 0.3) is 5.69 Å². The van der Waals surface area contributed by atoms with Gasteiger partial charge in [-0.05, 0) is 13.0 Å². The van der Waals surface area contributed by atoms with Crippen molar-refractivity contribution < 1.29 is 19.2 Å². The highest BCUT2D eigenvalue weighted by Crippen LogP contribution is 2.35. The first-order valence-corrected chi connectivity index (χ1v) is 5.08. The molecule has 0 radical (unpaired) electrons. The molecule has 1 rings (SSSR count). The summed E-state index contributed by atoms with van der Waals surface area (Å²) in [5.41, 5.74) is -0.670. The number of carbonyl (C=O) groups excluding carboxylic acids is 1. The van der Waals surface area contributed by atoms with Gasteiger partial charge < -0.3 is 9.47 Å². The molecule has 17 heavy (non-hydrogen) atoms. The van der Waals surface area contributed by atoms with E-state index < -0.39 is 16.6 Å². The Bertz CT molecular complexity index is 460. The minimum Gasteiger partial charge on any atom is -0.494 e. The van der Waals surface area contributed by atoms with Crippen LogP contribution < -0.4 is 4.74 Å². The zero-order valence-corrected chi connectivity index (χ0v) is 9.98. The van der Waals surface area contributed by atoms with Crippen LogP contribution in [0.4, 0.5) is 5.69 Å². The molecule has 7 heteroatoms. The van der Waals surface area contributed by atoms with E-state index in [4.69, 9.17) is 21.1 Å². The molecular weight excluding hydrogens is 250 g/mol. The second-order valence-corrected chi connectivity index (χ2v) is 3.36. The van der Waals surface area contributed by atoms with Crippen molar-refractivity contribution >= 4 is 23.3 Å². The minimum absolute atomic E-state index is 0.0562. The highest BCUT2D eigenvalue weighted by Gasteiger charge is 2.28. The topological polar surface area (TPSA) is 78.7 Å². The Morgan fingerprint density at radius 3 is 2.65 bits per heavy atom. The predicted octanol–water partition coefficient (Wildman–Crippen LogP) is 2.43. The normalized spacial score (nSPS) is 9.82. The first-order valence-electron chi connectivity index (χ1n) is 4.70. The lowest BCUT2D eigenvalue weighted by Crippen LogP contribution is -2.10. The summed E-state index contributed by atoms with van der Waals surface area (Å²) in [5.74, 6) is -0.891. The standard InChI is InChI=1S/C10H10ClNO5/c1-3-17-10(13)8-7(12(14)15)5-4-6(11)9(8)16-2/h4-5H,3H2,1-2H3. The molecule has 0 aliphatic carbocycles. The summed E-state index contributed by atoms with van der Waals surface area (Å²) in [7, 11) is 1.27. The second kappa shape index (κ2) is 5.49. The first-order chi connectivity index (χ1) is 8.02. The van der Waals surface area contributed by atoms with E-state index in [9.17, 15) is 14.9 Å². The molecule has 0 fully saturated rings. The third-order valence-corrected chi connectivity index (χ3v) is 2.27. The van der Waals surface area contributed by atoms with Crippen molar-refractivity contribution in [3.8, 4) is 5.75 Å². The smallest absolute Gasteiger partial charge is 0.349 e. The zero-order valence-electron chi connectivity index (χ0n) is 9.23. The number of rotatable bonds is 4. The van der Waals surface area contributed by atoms with E-state index in [1.165, 1.54) is 13.2 Å². The summed E-state index contributed by atoms with van der Waals surface area (Å²) in [6.45, 7) is 1.70. The fourth-order valence-electron chi connectivity index (χ4n) is 1.30. The summed E-state index contributed by atoms with van der Waals surface area (Å²) >= 11 is 5.80. The van der Waals surface area contributed by atoms with Crippen molar-refractivity contribution in [2.24, 2.45) is 0 Å². The van der Waals surface area contributed by atoms with Gasteiger partial charge in [0.15, 0.2) is 11.3 Å². The first kappa shape index (κ1) is 13.2. The van der Waals surface area contributed by atoms with Crippen LogP contribution in [0.1, 0.15) is 17.3 Å². The Kier molecular flexibility index (Phi) is 4.28. The molecular formula is C10H10ClNO5. The summed E-state index contributed by atoms with van der Waals surface area (Å²) in [6, 6.07) is 2.43. The van der Waals surface area contributed by atoms with Crippen LogP contribution in [-0.4, -0.2) is 24.6 Å². The number of esters is 1. The number of hydrogen-bond acceptors (Lipinski definition) is 5. The van der Waals surface area contributed by atoms with Crippen molar-refractivity contribution in [3.05, 3.63) is 32.8 Å². The van der Waals surface area contributed by atoms with Crippen molar-refractivity contribution in [1.29, 1.82) is 0 Å². The lowest BCUT2D eigenvalue weighted by atomic mass is 10.1. The second-order valence-electron chi connectivity index (χ2n) is 2.95. The number of benzene rings is 1. The van der Waals surface area contributed by atoms with Crippen LogP contribution in [0.5, 0.6) is 5.75 Å². The molecule has 0 heterocycles. The number of ether oxygens (including phenoxy) is 2. The molecule has 0 saturated heterocycles. The number of halogens is 1. The maximum absolute atomic E-state index is 11.6. The Hall–Kier alpha value is -1.82. The fraction of sp³-hybridized carbons (Fsp3) is 0.300. The van der Waals surface area contributed by atoms with Gasteiger partial charge in [0.05, 0.1) is 23.7 Å². The SMILES string of the molecule is CCOC(=O)c1c([N+](=O)[O-])ccc(Cl)c1OC. The van der Waals surface area contributed by atoms with E-state index in [1.807, 2.05) is 0 Å². The van der Waals surface area contributed by atoms with Crippen molar-refractivity contribution in [3.63, 3.8) is 0 Å². The molecule has 0 saturated carbocycles. The highest BCUT2D eigenvalue weighted by atomic mass is 35.5. The summed E-state index contributed by atoms with van der Waals surface area (Å²) in [4.78, 5) is 21.8. The molecule has 0 spiro atoms. The van der Waals surface area contributed by atoms with E-state index >= 15 is 0 Å². The van der Waals surface area contributed by atoms with Crippen LogP contribution in [0.25, 0.3) is 0 Å².